The van der Waals surface area contributed by atoms with Crippen molar-refractivity contribution in [2.24, 2.45) is 0 Å². The summed E-state index contributed by atoms with van der Waals surface area (Å²) in [7, 11) is -3.83. The average Bonchev–Trinajstić information content (AvgIpc) is 2.36. The largest absolute Gasteiger partial charge is 0.494 e. The third-order valence-electron chi connectivity index (χ3n) is 2.31. The summed E-state index contributed by atoms with van der Waals surface area (Å²) in [5.74, 6) is -0.654. The van der Waals surface area contributed by atoms with Crippen molar-refractivity contribution in [1.82, 2.24) is 4.72 Å². The van der Waals surface area contributed by atoms with E-state index in [1.165, 1.54) is 31.2 Å². The van der Waals surface area contributed by atoms with Crippen LogP contribution in [0.4, 0.5) is 0 Å². The van der Waals surface area contributed by atoms with Crippen molar-refractivity contribution < 1.29 is 23.1 Å². The number of hydrogen-bond acceptors (Lipinski definition) is 4. The highest BCUT2D eigenvalue weighted by molar-refractivity contribution is 7.89. The summed E-state index contributed by atoms with van der Waals surface area (Å²) in [5.41, 5.74) is 0. The number of aliphatic carboxylic acids is 1. The molecule has 0 saturated heterocycles. The summed E-state index contributed by atoms with van der Waals surface area (Å²) in [6.45, 7) is 3.79. The van der Waals surface area contributed by atoms with Gasteiger partial charge in [0.15, 0.2) is 0 Å². The Labute approximate surface area is 112 Å². The second kappa shape index (κ2) is 6.53. The van der Waals surface area contributed by atoms with Gasteiger partial charge in [0, 0.05) is 0 Å². The molecule has 1 aromatic carbocycles. The fraction of sp³-hybridized carbons (Fsp3) is 0.417. The van der Waals surface area contributed by atoms with Gasteiger partial charge in [-0.05, 0) is 37.6 Å². The van der Waals surface area contributed by atoms with Gasteiger partial charge >= 0.3 is 5.97 Å². The van der Waals surface area contributed by atoms with Crippen molar-refractivity contribution in [3.63, 3.8) is 0 Å². The Morgan fingerprint density at radius 1 is 1.37 bits per heavy atom. The topological polar surface area (TPSA) is 92.7 Å². The third-order valence-corrected chi connectivity index (χ3v) is 3.87. The van der Waals surface area contributed by atoms with Gasteiger partial charge in [0.05, 0.1) is 11.5 Å². The molecule has 0 bridgehead atoms. The molecular weight excluding hydrogens is 270 g/mol. The van der Waals surface area contributed by atoms with Gasteiger partial charge < -0.3 is 9.84 Å². The zero-order valence-electron chi connectivity index (χ0n) is 10.8. The maximum absolute atomic E-state index is 11.9. The van der Waals surface area contributed by atoms with Crippen LogP contribution in [0.15, 0.2) is 29.2 Å². The van der Waals surface area contributed by atoms with Crippen molar-refractivity contribution in [2.75, 3.05) is 6.61 Å². The molecule has 0 fully saturated rings. The average molecular weight is 287 g/mol. The van der Waals surface area contributed by atoms with E-state index in [1.54, 1.807) is 0 Å². The lowest BCUT2D eigenvalue weighted by Crippen LogP contribution is -2.38. The van der Waals surface area contributed by atoms with E-state index < -0.39 is 22.0 Å². The van der Waals surface area contributed by atoms with Crippen LogP contribution in [-0.2, 0) is 14.8 Å². The van der Waals surface area contributed by atoms with Crippen LogP contribution in [0.3, 0.4) is 0 Å². The molecule has 1 unspecified atom stereocenters. The molecule has 0 aromatic heterocycles. The maximum Gasteiger partial charge on any atom is 0.321 e. The molecule has 1 aromatic rings. The molecular formula is C12H17NO5S. The molecule has 1 atom stereocenters. The Bertz CT molecular complexity index is 524. The molecule has 0 aliphatic carbocycles. The van der Waals surface area contributed by atoms with E-state index in [4.69, 9.17) is 9.84 Å². The number of sulfonamides is 1. The molecule has 106 valence electrons. The third kappa shape index (κ3) is 4.53. The van der Waals surface area contributed by atoms with Crippen molar-refractivity contribution >= 4 is 16.0 Å². The summed E-state index contributed by atoms with van der Waals surface area (Å²) in [5, 5.41) is 8.69. The first-order valence-electron chi connectivity index (χ1n) is 5.85. The van der Waals surface area contributed by atoms with Crippen LogP contribution in [0, 0.1) is 0 Å². The zero-order chi connectivity index (χ0) is 14.5. The summed E-state index contributed by atoms with van der Waals surface area (Å²) in [6, 6.07) is 4.65. The lowest BCUT2D eigenvalue weighted by atomic mass is 10.3. The summed E-state index contributed by atoms with van der Waals surface area (Å²) in [6.07, 6.45) is 0.859. The van der Waals surface area contributed by atoms with Crippen LogP contribution in [0.5, 0.6) is 5.75 Å². The Balaban J connectivity index is 2.81. The van der Waals surface area contributed by atoms with E-state index in [0.29, 0.717) is 12.4 Å². The summed E-state index contributed by atoms with van der Waals surface area (Å²) < 4.78 is 31.1. The van der Waals surface area contributed by atoms with Gasteiger partial charge in [-0.1, -0.05) is 6.92 Å². The highest BCUT2D eigenvalue weighted by Crippen LogP contribution is 2.16. The molecule has 1 rings (SSSR count). The molecule has 0 amide bonds. The predicted molar refractivity (Wildman–Crippen MR) is 69.6 cm³/mol. The van der Waals surface area contributed by atoms with Crippen LogP contribution in [0.1, 0.15) is 20.3 Å². The molecule has 6 nitrogen and oxygen atoms in total. The van der Waals surface area contributed by atoms with Crippen molar-refractivity contribution in [3.8, 4) is 5.75 Å². The van der Waals surface area contributed by atoms with E-state index in [2.05, 4.69) is 4.72 Å². The number of carboxylic acids is 1. The Hall–Kier alpha value is -1.60. The zero-order valence-corrected chi connectivity index (χ0v) is 11.6. The Kier molecular flexibility index (Phi) is 5.31. The van der Waals surface area contributed by atoms with Crippen molar-refractivity contribution in [3.05, 3.63) is 24.3 Å². The minimum atomic E-state index is -3.83. The van der Waals surface area contributed by atoms with Gasteiger partial charge in [0.25, 0.3) is 0 Å². The highest BCUT2D eigenvalue weighted by atomic mass is 32.2. The highest BCUT2D eigenvalue weighted by Gasteiger charge is 2.21. The number of carbonyl (C=O) groups is 1. The van der Waals surface area contributed by atoms with Gasteiger partial charge in [0.2, 0.25) is 10.0 Å². The number of benzene rings is 1. The van der Waals surface area contributed by atoms with Gasteiger partial charge in [-0.15, -0.1) is 0 Å². The molecule has 19 heavy (non-hydrogen) atoms. The molecule has 2 N–H and O–H groups in total. The SMILES string of the molecule is CCCOc1ccc(S(=O)(=O)NC(C)C(=O)O)cc1. The van der Waals surface area contributed by atoms with Crippen molar-refractivity contribution in [1.29, 1.82) is 0 Å². The van der Waals surface area contributed by atoms with E-state index in [-0.39, 0.29) is 4.90 Å². The first-order valence-corrected chi connectivity index (χ1v) is 7.33. The van der Waals surface area contributed by atoms with Crippen LogP contribution in [0.2, 0.25) is 0 Å². The fourth-order valence-electron chi connectivity index (χ4n) is 1.29. The van der Waals surface area contributed by atoms with Crippen molar-refractivity contribution in [2.45, 2.75) is 31.2 Å². The number of nitrogens with one attached hydrogen (secondary N) is 1. The summed E-state index contributed by atoms with van der Waals surface area (Å²) in [4.78, 5) is 10.6. The number of carboxylic acid groups (broad SMARTS) is 1. The first-order chi connectivity index (χ1) is 8.86. The second-order valence-electron chi connectivity index (χ2n) is 4.00. The minimum Gasteiger partial charge on any atom is -0.494 e. The smallest absolute Gasteiger partial charge is 0.321 e. The quantitative estimate of drug-likeness (QED) is 0.786. The molecule has 0 aliphatic heterocycles. The van der Waals surface area contributed by atoms with E-state index >= 15 is 0 Å². The van der Waals surface area contributed by atoms with E-state index in [9.17, 15) is 13.2 Å². The molecule has 0 saturated carbocycles. The molecule has 0 spiro atoms. The van der Waals surface area contributed by atoms with Crippen LogP contribution >= 0.6 is 0 Å². The lowest BCUT2D eigenvalue weighted by molar-refractivity contribution is -0.138. The number of ether oxygens (including phenoxy) is 1. The Morgan fingerprint density at radius 3 is 2.42 bits per heavy atom. The van der Waals surface area contributed by atoms with Crippen LogP contribution in [-0.4, -0.2) is 32.1 Å². The number of hydrogen-bond donors (Lipinski definition) is 2. The normalized spacial score (nSPS) is 12.9. The molecule has 0 heterocycles. The minimum absolute atomic E-state index is 0.00412. The molecule has 7 heteroatoms. The summed E-state index contributed by atoms with van der Waals surface area (Å²) >= 11 is 0. The second-order valence-corrected chi connectivity index (χ2v) is 5.72. The monoisotopic (exact) mass is 287 g/mol. The van der Waals surface area contributed by atoms with Gasteiger partial charge in [-0.2, -0.15) is 4.72 Å². The Morgan fingerprint density at radius 2 is 1.95 bits per heavy atom. The molecule has 0 radical (unpaired) electrons. The fourth-order valence-corrected chi connectivity index (χ4v) is 2.48. The van der Waals surface area contributed by atoms with Gasteiger partial charge in [-0.3, -0.25) is 4.79 Å². The maximum atomic E-state index is 11.9. The van der Waals surface area contributed by atoms with Gasteiger partial charge in [-0.25, -0.2) is 8.42 Å². The van der Waals surface area contributed by atoms with E-state index in [0.717, 1.165) is 6.42 Å². The predicted octanol–water partition coefficient (Wildman–Crippen LogP) is 1.23. The van der Waals surface area contributed by atoms with Gasteiger partial charge in [0.1, 0.15) is 11.8 Å². The standard InChI is InChI=1S/C12H17NO5S/c1-3-8-18-10-4-6-11(7-5-10)19(16,17)13-9(2)12(14)15/h4-7,9,13H,3,8H2,1-2H3,(H,14,15). The van der Waals surface area contributed by atoms with E-state index in [1.807, 2.05) is 6.92 Å². The van der Waals surface area contributed by atoms with Crippen LogP contribution < -0.4 is 9.46 Å². The van der Waals surface area contributed by atoms with Crippen LogP contribution in [0.25, 0.3) is 0 Å². The lowest BCUT2D eigenvalue weighted by Gasteiger charge is -2.11. The first kappa shape index (κ1) is 15.5. The molecule has 0 aliphatic rings. The number of rotatable bonds is 7.